The molecule has 0 spiro atoms. The Morgan fingerprint density at radius 3 is 2.83 bits per heavy atom. The summed E-state index contributed by atoms with van der Waals surface area (Å²) < 4.78 is 0. The van der Waals surface area contributed by atoms with E-state index in [1.165, 1.54) is 30.6 Å². The monoisotopic (exact) mass is 246 g/mol. The predicted molar refractivity (Wildman–Crippen MR) is 79.0 cm³/mol. The van der Waals surface area contributed by atoms with Gasteiger partial charge in [-0.15, -0.1) is 0 Å². The van der Waals surface area contributed by atoms with Crippen molar-refractivity contribution in [2.45, 2.75) is 46.2 Å². The fourth-order valence-electron chi connectivity index (χ4n) is 2.62. The number of rotatable bonds is 4. The lowest BCUT2D eigenvalue weighted by Crippen LogP contribution is -2.42. The molecule has 1 aromatic carbocycles. The van der Waals surface area contributed by atoms with Gasteiger partial charge in [0.2, 0.25) is 0 Å². The molecule has 0 saturated carbocycles. The minimum Gasteiger partial charge on any atom is -0.370 e. The zero-order valence-electron chi connectivity index (χ0n) is 11.9. The van der Waals surface area contributed by atoms with Crippen LogP contribution in [0.25, 0.3) is 0 Å². The van der Waals surface area contributed by atoms with Crippen molar-refractivity contribution in [3.63, 3.8) is 0 Å². The quantitative estimate of drug-likeness (QED) is 0.875. The van der Waals surface area contributed by atoms with Crippen LogP contribution >= 0.6 is 0 Å². The summed E-state index contributed by atoms with van der Waals surface area (Å²) in [6.07, 6.45) is 2.54. The molecule has 0 bridgehead atoms. The summed E-state index contributed by atoms with van der Waals surface area (Å²) in [4.78, 5) is 2.57. The Balaban J connectivity index is 2.21. The van der Waals surface area contributed by atoms with E-state index >= 15 is 0 Å². The number of nitrogens with one attached hydrogen (secondary N) is 1. The summed E-state index contributed by atoms with van der Waals surface area (Å²) in [5, 5.41) is 3.70. The third kappa shape index (κ3) is 3.05. The highest BCUT2D eigenvalue weighted by Gasteiger charge is 2.22. The van der Waals surface area contributed by atoms with Crippen molar-refractivity contribution in [1.29, 1.82) is 0 Å². The highest BCUT2D eigenvalue weighted by Crippen LogP contribution is 2.25. The van der Waals surface area contributed by atoms with Crippen LogP contribution in [0.1, 0.15) is 39.2 Å². The fraction of sp³-hybridized carbons (Fsp3) is 0.625. The topological polar surface area (TPSA) is 15.3 Å². The Labute approximate surface area is 111 Å². The maximum atomic E-state index is 3.70. The van der Waals surface area contributed by atoms with Gasteiger partial charge in [-0.3, -0.25) is 0 Å². The van der Waals surface area contributed by atoms with Crippen LogP contribution in [0.4, 0.5) is 5.69 Å². The van der Waals surface area contributed by atoms with Gasteiger partial charge in [0, 0.05) is 31.4 Å². The van der Waals surface area contributed by atoms with Gasteiger partial charge >= 0.3 is 0 Å². The number of hydrogen-bond acceptors (Lipinski definition) is 2. The molecule has 2 nitrogen and oxygen atoms in total. The molecule has 1 aliphatic rings. The first-order valence-corrected chi connectivity index (χ1v) is 7.28. The molecule has 1 aromatic rings. The van der Waals surface area contributed by atoms with Gasteiger partial charge in [0.1, 0.15) is 0 Å². The van der Waals surface area contributed by atoms with E-state index in [-0.39, 0.29) is 0 Å². The van der Waals surface area contributed by atoms with Gasteiger partial charge in [0.05, 0.1) is 0 Å². The lowest BCUT2D eigenvalue weighted by molar-refractivity contribution is 0.403. The Morgan fingerprint density at radius 2 is 2.11 bits per heavy atom. The number of anilines is 1. The number of para-hydroxylation sites is 1. The number of unbranched alkanes of at least 4 members (excludes halogenated alkanes) is 1. The summed E-state index contributed by atoms with van der Waals surface area (Å²) >= 11 is 0. The second-order valence-electron chi connectivity index (χ2n) is 5.66. The van der Waals surface area contributed by atoms with Gasteiger partial charge in [-0.05, 0) is 24.0 Å². The summed E-state index contributed by atoms with van der Waals surface area (Å²) in [5.41, 5.74) is 2.87. The Kier molecular flexibility index (Phi) is 4.65. The van der Waals surface area contributed by atoms with Crippen molar-refractivity contribution >= 4 is 5.69 Å². The third-order valence-electron chi connectivity index (χ3n) is 3.89. The van der Waals surface area contributed by atoms with Crippen molar-refractivity contribution in [2.24, 2.45) is 5.92 Å². The van der Waals surface area contributed by atoms with Crippen LogP contribution in [0.15, 0.2) is 24.3 Å². The molecular formula is C16H26N2. The maximum absolute atomic E-state index is 3.70. The van der Waals surface area contributed by atoms with Gasteiger partial charge in [-0.1, -0.05) is 45.4 Å². The predicted octanol–water partition coefficient (Wildman–Crippen LogP) is 3.42. The molecule has 1 atom stereocenters. The van der Waals surface area contributed by atoms with E-state index in [2.05, 4.69) is 55.3 Å². The molecule has 2 heteroatoms. The van der Waals surface area contributed by atoms with E-state index in [9.17, 15) is 0 Å². The molecular weight excluding hydrogens is 220 g/mol. The summed E-state index contributed by atoms with van der Waals surface area (Å²) in [6.45, 7) is 10.2. The first-order chi connectivity index (χ1) is 8.72. The van der Waals surface area contributed by atoms with Crippen LogP contribution in [0, 0.1) is 5.92 Å². The standard InChI is InChI=1S/C16H26N2/c1-4-5-10-18-12-15(13(2)3)17-11-14-8-6-7-9-16(14)18/h6-9,13,15,17H,4-5,10-12H2,1-3H3. The van der Waals surface area contributed by atoms with Crippen molar-refractivity contribution in [3.05, 3.63) is 29.8 Å². The van der Waals surface area contributed by atoms with Crippen LogP contribution < -0.4 is 10.2 Å². The first kappa shape index (κ1) is 13.4. The first-order valence-electron chi connectivity index (χ1n) is 7.28. The SMILES string of the molecule is CCCCN1CC(C(C)C)NCc2ccccc21. The van der Waals surface area contributed by atoms with Crippen molar-refractivity contribution < 1.29 is 0 Å². The molecule has 100 valence electrons. The third-order valence-corrected chi connectivity index (χ3v) is 3.89. The molecule has 2 rings (SSSR count). The van der Waals surface area contributed by atoms with Crippen LogP contribution in [0.2, 0.25) is 0 Å². The zero-order chi connectivity index (χ0) is 13.0. The van der Waals surface area contributed by atoms with Gasteiger partial charge < -0.3 is 10.2 Å². The normalized spacial score (nSPS) is 19.8. The van der Waals surface area contributed by atoms with E-state index < -0.39 is 0 Å². The van der Waals surface area contributed by atoms with Gasteiger partial charge in [-0.25, -0.2) is 0 Å². The number of nitrogens with zero attached hydrogens (tertiary/aromatic N) is 1. The van der Waals surface area contributed by atoms with E-state index in [1.807, 2.05) is 0 Å². The van der Waals surface area contributed by atoms with E-state index in [0.29, 0.717) is 12.0 Å². The van der Waals surface area contributed by atoms with E-state index in [4.69, 9.17) is 0 Å². The molecule has 1 heterocycles. The molecule has 0 saturated heterocycles. The number of hydrogen-bond donors (Lipinski definition) is 1. The summed E-state index contributed by atoms with van der Waals surface area (Å²) in [7, 11) is 0. The molecule has 1 unspecified atom stereocenters. The van der Waals surface area contributed by atoms with Crippen LogP contribution in [0.5, 0.6) is 0 Å². The van der Waals surface area contributed by atoms with Crippen LogP contribution in [0.3, 0.4) is 0 Å². The van der Waals surface area contributed by atoms with Crippen molar-refractivity contribution in [1.82, 2.24) is 5.32 Å². The highest BCUT2D eigenvalue weighted by atomic mass is 15.2. The van der Waals surface area contributed by atoms with Crippen LogP contribution in [-0.4, -0.2) is 19.1 Å². The minimum absolute atomic E-state index is 0.592. The molecule has 0 fully saturated rings. The Hall–Kier alpha value is -1.02. The molecule has 0 radical (unpaired) electrons. The van der Waals surface area contributed by atoms with E-state index in [1.54, 1.807) is 0 Å². The lowest BCUT2D eigenvalue weighted by atomic mass is 10.0. The van der Waals surface area contributed by atoms with Gasteiger partial charge in [0.15, 0.2) is 0 Å². The molecule has 1 aliphatic heterocycles. The Morgan fingerprint density at radius 1 is 1.33 bits per heavy atom. The van der Waals surface area contributed by atoms with Crippen LogP contribution in [-0.2, 0) is 6.54 Å². The van der Waals surface area contributed by atoms with Crippen molar-refractivity contribution in [3.8, 4) is 0 Å². The molecule has 0 aromatic heterocycles. The van der Waals surface area contributed by atoms with Gasteiger partial charge in [0.25, 0.3) is 0 Å². The van der Waals surface area contributed by atoms with Crippen molar-refractivity contribution in [2.75, 3.05) is 18.0 Å². The fourth-order valence-corrected chi connectivity index (χ4v) is 2.62. The zero-order valence-corrected chi connectivity index (χ0v) is 11.9. The second kappa shape index (κ2) is 6.24. The molecule has 0 amide bonds. The minimum atomic E-state index is 0.592. The Bertz CT molecular complexity index is 373. The summed E-state index contributed by atoms with van der Waals surface area (Å²) in [6, 6.07) is 9.43. The number of benzene rings is 1. The average Bonchev–Trinajstić information content (AvgIpc) is 2.56. The smallest absolute Gasteiger partial charge is 0.0412 e. The molecule has 1 N–H and O–H groups in total. The lowest BCUT2D eigenvalue weighted by Gasteiger charge is -2.29. The summed E-state index contributed by atoms with van der Waals surface area (Å²) in [5.74, 6) is 0.684. The molecule has 18 heavy (non-hydrogen) atoms. The average molecular weight is 246 g/mol. The van der Waals surface area contributed by atoms with Gasteiger partial charge in [-0.2, -0.15) is 0 Å². The highest BCUT2D eigenvalue weighted by molar-refractivity contribution is 5.54. The maximum Gasteiger partial charge on any atom is 0.0412 e. The molecule has 0 aliphatic carbocycles. The number of fused-ring (bicyclic) bond motifs is 1. The largest absolute Gasteiger partial charge is 0.370 e. The second-order valence-corrected chi connectivity index (χ2v) is 5.66. The van der Waals surface area contributed by atoms with E-state index in [0.717, 1.165) is 13.1 Å².